The topological polar surface area (TPSA) is 52.0 Å². The Bertz CT molecular complexity index is 652. The first-order valence-corrected chi connectivity index (χ1v) is 7.17. The van der Waals surface area contributed by atoms with E-state index in [1.54, 1.807) is 24.5 Å². The van der Waals surface area contributed by atoms with Crippen LogP contribution in [0.2, 0.25) is 0 Å². The van der Waals surface area contributed by atoms with Gasteiger partial charge >= 0.3 is 0 Å². The second kappa shape index (κ2) is 8.05. The lowest BCUT2D eigenvalue weighted by atomic mass is 10.2. The van der Waals surface area contributed by atoms with Gasteiger partial charge in [0.2, 0.25) is 0 Å². The van der Waals surface area contributed by atoms with E-state index in [4.69, 9.17) is 17.5 Å². The Morgan fingerprint density at radius 2 is 2.09 bits per heavy atom. The summed E-state index contributed by atoms with van der Waals surface area (Å²) in [4.78, 5) is 5.96. The third-order valence-corrected chi connectivity index (χ3v) is 3.33. The summed E-state index contributed by atoms with van der Waals surface area (Å²) in [6.45, 7) is 1.07. The number of hydrogen-bond acceptors (Lipinski definition) is 3. The fourth-order valence-electron chi connectivity index (χ4n) is 1.89. The lowest BCUT2D eigenvalue weighted by molar-refractivity contribution is 0.427. The first-order valence-electron chi connectivity index (χ1n) is 6.76. The second-order valence-electron chi connectivity index (χ2n) is 4.63. The molecule has 6 heteroatoms. The molecule has 0 radical (unpaired) electrons. The van der Waals surface area contributed by atoms with E-state index in [1.165, 1.54) is 12.1 Å². The Kier molecular flexibility index (Phi) is 5.81. The summed E-state index contributed by atoms with van der Waals surface area (Å²) >= 11 is 5.39. The van der Waals surface area contributed by atoms with Crippen LogP contribution in [-0.2, 0) is 6.54 Å². The van der Waals surface area contributed by atoms with Gasteiger partial charge < -0.3 is 10.2 Å². The van der Waals surface area contributed by atoms with E-state index in [-0.39, 0.29) is 5.82 Å². The fourth-order valence-corrected chi connectivity index (χ4v) is 2.16. The highest BCUT2D eigenvalue weighted by Gasteiger charge is 2.10. The molecule has 2 aromatic rings. The van der Waals surface area contributed by atoms with Gasteiger partial charge in [-0.3, -0.25) is 4.98 Å². The van der Waals surface area contributed by atoms with Gasteiger partial charge in [0.1, 0.15) is 5.82 Å². The van der Waals surface area contributed by atoms with Crippen molar-refractivity contribution in [2.75, 3.05) is 11.9 Å². The lowest BCUT2D eigenvalue weighted by Gasteiger charge is -2.25. The Morgan fingerprint density at radius 3 is 2.73 bits per heavy atom. The number of halogens is 1. The summed E-state index contributed by atoms with van der Waals surface area (Å²) in [5.41, 5.74) is 1.71. The molecule has 0 atom stereocenters. The van der Waals surface area contributed by atoms with E-state index in [9.17, 15) is 4.39 Å². The minimum Gasteiger partial charge on any atom is -0.344 e. The van der Waals surface area contributed by atoms with Crippen molar-refractivity contribution >= 4 is 23.0 Å². The average molecular weight is 314 g/mol. The van der Waals surface area contributed by atoms with Crippen molar-refractivity contribution in [3.63, 3.8) is 0 Å². The molecule has 1 N–H and O–H groups in total. The van der Waals surface area contributed by atoms with Crippen molar-refractivity contribution in [3.8, 4) is 6.07 Å². The van der Waals surface area contributed by atoms with E-state index in [1.807, 2.05) is 17.0 Å². The van der Waals surface area contributed by atoms with Gasteiger partial charge in [0, 0.05) is 31.2 Å². The molecule has 22 heavy (non-hydrogen) atoms. The quantitative estimate of drug-likeness (QED) is 0.858. The van der Waals surface area contributed by atoms with Gasteiger partial charge in [0.25, 0.3) is 0 Å². The number of nitriles is 1. The molecule has 112 valence electrons. The first-order chi connectivity index (χ1) is 10.7. The van der Waals surface area contributed by atoms with Crippen molar-refractivity contribution in [2.45, 2.75) is 13.0 Å². The molecule has 1 aromatic carbocycles. The van der Waals surface area contributed by atoms with Crippen LogP contribution < -0.4 is 5.32 Å². The number of thiocarbonyl (C=S) groups is 1. The van der Waals surface area contributed by atoms with Crippen LogP contribution in [0.5, 0.6) is 0 Å². The van der Waals surface area contributed by atoms with Gasteiger partial charge in [-0.05, 0) is 48.1 Å². The molecular weight excluding hydrogens is 299 g/mol. The van der Waals surface area contributed by atoms with Gasteiger partial charge in [-0.1, -0.05) is 6.07 Å². The van der Waals surface area contributed by atoms with Crippen molar-refractivity contribution in [2.24, 2.45) is 0 Å². The highest BCUT2D eigenvalue weighted by Crippen LogP contribution is 2.11. The number of benzene rings is 1. The molecule has 0 unspecified atom stereocenters. The molecule has 4 nitrogen and oxygen atoms in total. The Hall–Kier alpha value is -2.52. The van der Waals surface area contributed by atoms with Crippen molar-refractivity contribution in [1.82, 2.24) is 9.88 Å². The molecule has 0 amide bonds. The van der Waals surface area contributed by atoms with Crippen LogP contribution in [0.3, 0.4) is 0 Å². The zero-order chi connectivity index (χ0) is 15.8. The summed E-state index contributed by atoms with van der Waals surface area (Å²) in [6.07, 6.45) is 3.84. The predicted molar refractivity (Wildman–Crippen MR) is 87.5 cm³/mol. The smallest absolute Gasteiger partial charge is 0.173 e. The van der Waals surface area contributed by atoms with Crippen LogP contribution >= 0.6 is 12.2 Å². The van der Waals surface area contributed by atoms with Crippen molar-refractivity contribution in [1.29, 1.82) is 5.26 Å². The summed E-state index contributed by atoms with van der Waals surface area (Å²) in [5, 5.41) is 12.3. The van der Waals surface area contributed by atoms with Crippen LogP contribution in [0.25, 0.3) is 0 Å². The number of anilines is 1. The van der Waals surface area contributed by atoms with E-state index in [2.05, 4.69) is 16.4 Å². The summed E-state index contributed by atoms with van der Waals surface area (Å²) in [6, 6.07) is 11.9. The molecule has 0 saturated carbocycles. The van der Waals surface area contributed by atoms with E-state index < -0.39 is 0 Å². The van der Waals surface area contributed by atoms with Gasteiger partial charge in [0.15, 0.2) is 5.11 Å². The maximum atomic E-state index is 12.9. The SMILES string of the molecule is N#CCCN(Cc1cccnc1)C(=S)Nc1ccc(F)cc1. The summed E-state index contributed by atoms with van der Waals surface area (Å²) in [5.74, 6) is -0.298. The number of nitrogens with zero attached hydrogens (tertiary/aromatic N) is 3. The molecule has 1 aromatic heterocycles. The maximum absolute atomic E-state index is 12.9. The standard InChI is InChI=1S/C16H15FN4S/c17-14-4-6-15(7-5-14)20-16(22)21(10-2-8-18)12-13-3-1-9-19-11-13/h1,3-7,9,11H,2,10,12H2,(H,20,22). The molecular formula is C16H15FN4S. The molecule has 0 aliphatic rings. The highest BCUT2D eigenvalue weighted by atomic mass is 32.1. The first kappa shape index (κ1) is 15.9. The molecule has 2 rings (SSSR count). The molecule has 1 heterocycles. The molecule has 0 bridgehead atoms. The zero-order valence-electron chi connectivity index (χ0n) is 11.9. The number of rotatable bonds is 5. The minimum atomic E-state index is -0.298. The highest BCUT2D eigenvalue weighted by molar-refractivity contribution is 7.80. The Balaban J connectivity index is 2.05. The number of pyridine rings is 1. The second-order valence-corrected chi connectivity index (χ2v) is 5.01. The largest absolute Gasteiger partial charge is 0.344 e. The van der Waals surface area contributed by atoms with Crippen molar-refractivity contribution < 1.29 is 4.39 Å². The van der Waals surface area contributed by atoms with Gasteiger partial charge in [0.05, 0.1) is 12.5 Å². The van der Waals surface area contributed by atoms with Crippen LogP contribution in [0, 0.1) is 17.1 Å². The summed E-state index contributed by atoms with van der Waals surface area (Å²) < 4.78 is 12.9. The third kappa shape index (κ3) is 4.79. The van der Waals surface area contributed by atoms with Crippen molar-refractivity contribution in [3.05, 3.63) is 60.2 Å². The van der Waals surface area contributed by atoms with Gasteiger partial charge in [-0.15, -0.1) is 0 Å². The molecule has 0 saturated heterocycles. The monoisotopic (exact) mass is 314 g/mol. The summed E-state index contributed by atoms with van der Waals surface area (Å²) in [7, 11) is 0. The van der Waals surface area contributed by atoms with Crippen LogP contribution in [-0.4, -0.2) is 21.5 Å². The normalized spacial score (nSPS) is 9.82. The number of nitrogens with one attached hydrogen (secondary N) is 1. The molecule has 0 spiro atoms. The molecule has 0 aliphatic carbocycles. The zero-order valence-corrected chi connectivity index (χ0v) is 12.7. The van der Waals surface area contributed by atoms with Crippen LogP contribution in [0.1, 0.15) is 12.0 Å². The van der Waals surface area contributed by atoms with E-state index >= 15 is 0 Å². The maximum Gasteiger partial charge on any atom is 0.173 e. The lowest BCUT2D eigenvalue weighted by Crippen LogP contribution is -2.35. The molecule has 0 aliphatic heterocycles. The van der Waals surface area contributed by atoms with Crippen LogP contribution in [0.15, 0.2) is 48.8 Å². The minimum absolute atomic E-state index is 0.298. The van der Waals surface area contributed by atoms with E-state index in [0.717, 1.165) is 5.56 Å². The van der Waals surface area contributed by atoms with Gasteiger partial charge in [-0.2, -0.15) is 5.26 Å². The predicted octanol–water partition coefficient (Wildman–Crippen LogP) is 3.33. The number of aromatic nitrogens is 1. The Morgan fingerprint density at radius 1 is 1.32 bits per heavy atom. The average Bonchev–Trinajstić information content (AvgIpc) is 2.54. The third-order valence-electron chi connectivity index (χ3n) is 2.97. The van der Waals surface area contributed by atoms with E-state index in [0.29, 0.717) is 30.3 Å². The molecule has 0 fully saturated rings. The Labute approximate surface area is 134 Å². The number of hydrogen-bond donors (Lipinski definition) is 1. The fraction of sp³-hybridized carbons (Fsp3) is 0.188. The van der Waals surface area contributed by atoms with Crippen LogP contribution in [0.4, 0.5) is 10.1 Å². The van der Waals surface area contributed by atoms with Gasteiger partial charge in [-0.25, -0.2) is 4.39 Å².